The zero-order valence-electron chi connectivity index (χ0n) is 11.1. The summed E-state index contributed by atoms with van der Waals surface area (Å²) < 4.78 is 0.845. The average Bonchev–Trinajstić information content (AvgIpc) is 2.92. The van der Waals surface area contributed by atoms with E-state index in [9.17, 15) is 4.79 Å². The van der Waals surface area contributed by atoms with E-state index in [1.807, 2.05) is 6.92 Å². The quantitative estimate of drug-likeness (QED) is 0.648. The molecule has 0 aromatic carbocycles. The summed E-state index contributed by atoms with van der Waals surface area (Å²) in [6.07, 6.45) is 8.32. The van der Waals surface area contributed by atoms with E-state index in [1.165, 1.54) is 54.4 Å². The lowest BCUT2D eigenvalue weighted by molar-refractivity contribution is -0.120. The lowest BCUT2D eigenvalue weighted by Gasteiger charge is -2.14. The minimum absolute atomic E-state index is 0.0802. The maximum atomic E-state index is 11.9. The van der Waals surface area contributed by atoms with Crippen molar-refractivity contribution < 1.29 is 4.79 Å². The second kappa shape index (κ2) is 7.65. The lowest BCUT2D eigenvalue weighted by atomic mass is 9.97. The third-order valence-corrected chi connectivity index (χ3v) is 5.03. The topological polar surface area (TPSA) is 54.9 Å². The lowest BCUT2D eigenvalue weighted by Crippen LogP contribution is -2.31. The Kier molecular flexibility index (Phi) is 5.85. The molecule has 0 fully saturated rings. The molecule has 6 heteroatoms. The van der Waals surface area contributed by atoms with Crippen LogP contribution in [0.4, 0.5) is 0 Å². The molecule has 0 saturated carbocycles. The van der Waals surface area contributed by atoms with Crippen molar-refractivity contribution in [2.24, 2.45) is 0 Å². The van der Waals surface area contributed by atoms with Gasteiger partial charge in [0, 0.05) is 6.54 Å². The number of amides is 1. The molecule has 0 spiro atoms. The minimum atomic E-state index is -0.117. The van der Waals surface area contributed by atoms with Gasteiger partial charge < -0.3 is 5.32 Å². The highest BCUT2D eigenvalue weighted by molar-refractivity contribution is 8.02. The molecule has 1 aromatic rings. The maximum Gasteiger partial charge on any atom is 0.233 e. The molecule has 0 aliphatic heterocycles. The molecule has 2 rings (SSSR count). The van der Waals surface area contributed by atoms with Gasteiger partial charge in [-0.1, -0.05) is 34.7 Å². The van der Waals surface area contributed by atoms with Gasteiger partial charge >= 0.3 is 0 Å². The second-order valence-electron chi connectivity index (χ2n) is 4.61. The number of hydrogen-bond donors (Lipinski definition) is 1. The van der Waals surface area contributed by atoms with E-state index < -0.39 is 0 Å². The van der Waals surface area contributed by atoms with Crippen LogP contribution in [0.5, 0.6) is 0 Å². The van der Waals surface area contributed by atoms with Crippen molar-refractivity contribution in [2.45, 2.75) is 48.6 Å². The summed E-state index contributed by atoms with van der Waals surface area (Å²) in [5, 5.41) is 10.6. The van der Waals surface area contributed by atoms with Crippen molar-refractivity contribution in [3.05, 3.63) is 17.2 Å². The molecule has 1 amide bonds. The van der Waals surface area contributed by atoms with Crippen molar-refractivity contribution in [2.75, 3.05) is 6.54 Å². The molecule has 4 nitrogen and oxygen atoms in total. The molecule has 1 aliphatic rings. The Balaban J connectivity index is 1.67. The zero-order chi connectivity index (χ0) is 13.5. The van der Waals surface area contributed by atoms with E-state index in [4.69, 9.17) is 0 Å². The first-order valence-corrected chi connectivity index (χ1v) is 8.40. The van der Waals surface area contributed by atoms with Crippen LogP contribution in [0.1, 0.15) is 39.0 Å². The van der Waals surface area contributed by atoms with Gasteiger partial charge in [0.1, 0.15) is 5.51 Å². The number of nitrogens with zero attached hydrogens (tertiary/aromatic N) is 2. The summed E-state index contributed by atoms with van der Waals surface area (Å²) in [6.45, 7) is 2.65. The van der Waals surface area contributed by atoms with Gasteiger partial charge in [-0.25, -0.2) is 0 Å². The molecule has 1 aliphatic carbocycles. The number of thioether (sulfide) groups is 1. The van der Waals surface area contributed by atoms with Gasteiger partial charge in [-0.15, -0.1) is 10.2 Å². The molecule has 104 valence electrons. The molecule has 0 bridgehead atoms. The third-order valence-electron chi connectivity index (χ3n) is 3.12. The Bertz CT molecular complexity index is 431. The van der Waals surface area contributed by atoms with E-state index in [2.05, 4.69) is 21.6 Å². The zero-order valence-corrected chi connectivity index (χ0v) is 12.7. The molecule has 1 aromatic heterocycles. The first kappa shape index (κ1) is 14.5. The van der Waals surface area contributed by atoms with Gasteiger partial charge in [0.05, 0.1) is 5.25 Å². The predicted octanol–water partition coefficient (Wildman–Crippen LogP) is 3.03. The van der Waals surface area contributed by atoms with Crippen LogP contribution in [0.2, 0.25) is 0 Å². The molecule has 0 unspecified atom stereocenters. The van der Waals surface area contributed by atoms with Crippen LogP contribution in [0.15, 0.2) is 21.5 Å². The number of hydrogen-bond acceptors (Lipinski definition) is 5. The van der Waals surface area contributed by atoms with E-state index in [1.54, 1.807) is 5.51 Å². The van der Waals surface area contributed by atoms with Crippen LogP contribution in [0, 0.1) is 0 Å². The fourth-order valence-electron chi connectivity index (χ4n) is 2.04. The highest BCUT2D eigenvalue weighted by Gasteiger charge is 2.15. The number of carbonyl (C=O) groups excluding carboxylic acids is 1. The van der Waals surface area contributed by atoms with Gasteiger partial charge in [0.2, 0.25) is 5.91 Å². The molecular weight excluding hydrogens is 278 g/mol. The Morgan fingerprint density at radius 3 is 3.16 bits per heavy atom. The molecule has 0 radical (unpaired) electrons. The minimum Gasteiger partial charge on any atom is -0.355 e. The number of allylic oxidation sites excluding steroid dienone is 1. The maximum absolute atomic E-state index is 11.9. The third kappa shape index (κ3) is 4.95. The van der Waals surface area contributed by atoms with Crippen molar-refractivity contribution in [3.8, 4) is 0 Å². The summed E-state index contributed by atoms with van der Waals surface area (Å²) in [6, 6.07) is 0. The van der Waals surface area contributed by atoms with Crippen LogP contribution in [0.25, 0.3) is 0 Å². The van der Waals surface area contributed by atoms with Crippen LogP contribution in [0.3, 0.4) is 0 Å². The average molecular weight is 297 g/mol. The number of aromatic nitrogens is 2. The van der Waals surface area contributed by atoms with Crippen molar-refractivity contribution in [1.82, 2.24) is 15.5 Å². The first-order chi connectivity index (χ1) is 9.25. The van der Waals surface area contributed by atoms with Gasteiger partial charge in [-0.3, -0.25) is 4.79 Å². The number of rotatable bonds is 6. The van der Waals surface area contributed by atoms with E-state index in [0.717, 1.165) is 17.3 Å². The molecular formula is C13H19N3OS2. The fraction of sp³-hybridized carbons (Fsp3) is 0.615. The standard InChI is InChI=1S/C13H19N3OS2/c1-10(19-13-16-15-9-18-13)12(17)14-8-7-11-5-3-2-4-6-11/h5,9-10H,2-4,6-8H2,1H3,(H,14,17)/t10-/m1/s1. The van der Waals surface area contributed by atoms with E-state index >= 15 is 0 Å². The molecule has 1 atom stereocenters. The summed E-state index contributed by atoms with van der Waals surface area (Å²) in [5.74, 6) is 0.0802. The Hall–Kier alpha value is -0.880. The van der Waals surface area contributed by atoms with Gasteiger partial charge in [-0.05, 0) is 39.0 Å². The van der Waals surface area contributed by atoms with E-state index in [-0.39, 0.29) is 11.2 Å². The monoisotopic (exact) mass is 297 g/mol. The van der Waals surface area contributed by atoms with Gasteiger partial charge in [-0.2, -0.15) is 0 Å². The van der Waals surface area contributed by atoms with Crippen LogP contribution >= 0.6 is 23.1 Å². The fourth-order valence-corrected chi connectivity index (χ4v) is 3.69. The Morgan fingerprint density at radius 2 is 2.47 bits per heavy atom. The summed E-state index contributed by atoms with van der Waals surface area (Å²) in [5.41, 5.74) is 3.18. The summed E-state index contributed by atoms with van der Waals surface area (Å²) >= 11 is 2.93. The summed E-state index contributed by atoms with van der Waals surface area (Å²) in [7, 11) is 0. The largest absolute Gasteiger partial charge is 0.355 e. The Labute approximate surface area is 122 Å². The first-order valence-electron chi connectivity index (χ1n) is 6.64. The van der Waals surface area contributed by atoms with Crippen molar-refractivity contribution in [1.29, 1.82) is 0 Å². The van der Waals surface area contributed by atoms with Crippen LogP contribution in [-0.4, -0.2) is 27.9 Å². The normalized spacial score (nSPS) is 16.8. The highest BCUT2D eigenvalue weighted by atomic mass is 32.2. The second-order valence-corrected chi connectivity index (χ2v) is 7.04. The van der Waals surface area contributed by atoms with Gasteiger partial charge in [0.25, 0.3) is 0 Å². The number of carbonyl (C=O) groups is 1. The SMILES string of the molecule is C[C@@H](Sc1nncs1)C(=O)NCCC1=CCCCC1. The van der Waals surface area contributed by atoms with Crippen molar-refractivity contribution >= 4 is 29.0 Å². The van der Waals surface area contributed by atoms with E-state index in [0.29, 0.717) is 0 Å². The smallest absolute Gasteiger partial charge is 0.233 e. The summed E-state index contributed by atoms with van der Waals surface area (Å²) in [4.78, 5) is 11.9. The molecule has 1 N–H and O–H groups in total. The van der Waals surface area contributed by atoms with Crippen molar-refractivity contribution in [3.63, 3.8) is 0 Å². The number of nitrogens with one attached hydrogen (secondary N) is 1. The Morgan fingerprint density at radius 1 is 1.58 bits per heavy atom. The van der Waals surface area contributed by atoms with Crippen LogP contribution < -0.4 is 5.32 Å². The van der Waals surface area contributed by atoms with Crippen LogP contribution in [-0.2, 0) is 4.79 Å². The predicted molar refractivity (Wildman–Crippen MR) is 79.4 cm³/mol. The molecule has 19 heavy (non-hydrogen) atoms. The highest BCUT2D eigenvalue weighted by Crippen LogP contribution is 2.24. The van der Waals surface area contributed by atoms with Gasteiger partial charge in [0.15, 0.2) is 4.34 Å². The molecule has 1 heterocycles. The molecule has 0 saturated heterocycles.